The van der Waals surface area contributed by atoms with Crippen LogP contribution >= 0.6 is 0 Å². The molecule has 3 aliphatic heterocycles. The molecule has 14 aromatic rings. The molecule has 2 aromatic heterocycles. The summed E-state index contributed by atoms with van der Waals surface area (Å²) in [6.45, 7) is 0. The minimum absolute atomic E-state index is 0.00146. The molecule has 12 aromatic carbocycles. The summed E-state index contributed by atoms with van der Waals surface area (Å²) in [5.41, 5.74) is -0.344. The van der Waals surface area contributed by atoms with E-state index in [4.69, 9.17) is 65.0 Å². The van der Waals surface area contributed by atoms with Gasteiger partial charge in [-0.3, -0.25) is 0 Å². The van der Waals surface area contributed by atoms with Crippen LogP contribution in [0.3, 0.4) is 0 Å². The second kappa shape index (κ2) is 25.2. The van der Waals surface area contributed by atoms with E-state index >= 15 is 0 Å². The molecule has 3 aliphatic rings. The van der Waals surface area contributed by atoms with Crippen molar-refractivity contribution in [3.8, 4) is 241 Å². The largest absolute Gasteiger partial charge is 0.508 e. The topological polar surface area (TPSA) is 590 Å². The Morgan fingerprint density at radius 2 is 0.444 bits per heavy atom. The molecule has 0 saturated carbocycles. The lowest BCUT2D eigenvalue weighted by molar-refractivity contribution is 0.297. The highest BCUT2D eigenvalue weighted by Gasteiger charge is 2.36. The van der Waals surface area contributed by atoms with Crippen LogP contribution in [0.2, 0.25) is 0 Å². The van der Waals surface area contributed by atoms with Gasteiger partial charge in [-0.25, -0.2) is 0 Å². The van der Waals surface area contributed by atoms with Crippen LogP contribution < -0.4 is 47.4 Å². The predicted molar refractivity (Wildman–Crippen MR) is 359 cm³/mol. The molecular weight excluding hydrogens is 1440 g/mol. The Morgan fingerprint density at radius 1 is 0.167 bits per heavy atom. The molecule has 0 fully saturated rings. The normalized spacial score (nSPS) is 11.9. The van der Waals surface area contributed by atoms with Crippen molar-refractivity contribution >= 4 is 44.7 Å². The van der Waals surface area contributed by atoms with Gasteiger partial charge in [-0.15, -0.1) is 0 Å². The Morgan fingerprint density at radius 3 is 0.870 bits per heavy atom. The molecule has 0 saturated heterocycles. The van der Waals surface area contributed by atoms with Crippen molar-refractivity contribution in [1.29, 1.82) is 0 Å². The molecule has 5 heterocycles. The number of phenols is 22. The van der Waals surface area contributed by atoms with E-state index in [0.29, 0.717) is 0 Å². The number of fused-ring (bicyclic) bond motifs is 11. The molecule has 0 amide bonds. The summed E-state index contributed by atoms with van der Waals surface area (Å²) >= 11 is 0. The van der Waals surface area contributed by atoms with Crippen LogP contribution in [0.25, 0.3) is 44.7 Å². The molecule has 0 aliphatic carbocycles. The van der Waals surface area contributed by atoms with E-state index in [0.717, 1.165) is 103 Å². The monoisotopic (exact) mass is 1480 g/mol. The van der Waals surface area contributed by atoms with Gasteiger partial charge >= 0.3 is 0 Å². The van der Waals surface area contributed by atoms with Gasteiger partial charge < -0.3 is 177 Å². The van der Waals surface area contributed by atoms with Gasteiger partial charge in [-0.05, 0) is 0 Å². The first-order chi connectivity index (χ1) is 51.4. The highest BCUT2D eigenvalue weighted by Crippen LogP contribution is 2.64. The van der Waals surface area contributed by atoms with Crippen LogP contribution in [0.1, 0.15) is 0 Å². The van der Waals surface area contributed by atoms with Crippen molar-refractivity contribution in [1.82, 2.24) is 0 Å². The number of ether oxygens (including phenoxy) is 10. The van der Waals surface area contributed by atoms with E-state index in [1.165, 1.54) is 30.3 Å². The van der Waals surface area contributed by atoms with Crippen LogP contribution in [-0.4, -0.2) is 112 Å². The lowest BCUT2D eigenvalue weighted by Gasteiger charge is -2.25. The third-order valence-corrected chi connectivity index (χ3v) is 15.4. The maximum atomic E-state index is 10.9. The Hall–Kier alpha value is -16.6. The van der Waals surface area contributed by atoms with Crippen LogP contribution in [0.15, 0.2) is 151 Å². The first kappa shape index (κ1) is 67.3. The number of rotatable bonds is 8. The van der Waals surface area contributed by atoms with Gasteiger partial charge in [-0.1, -0.05) is 0 Å². The van der Waals surface area contributed by atoms with E-state index in [2.05, 4.69) is 0 Å². The quantitative estimate of drug-likeness (QED) is 0.0496. The summed E-state index contributed by atoms with van der Waals surface area (Å²) in [4.78, 5) is 0. The van der Waals surface area contributed by atoms with Gasteiger partial charge in [0.05, 0.1) is 0 Å². The zero-order chi connectivity index (χ0) is 76.3. The van der Waals surface area contributed by atoms with Crippen LogP contribution in [-0.2, 0) is 0 Å². The zero-order valence-electron chi connectivity index (χ0n) is 53.3. The minimum Gasteiger partial charge on any atom is -0.508 e. The summed E-state index contributed by atoms with van der Waals surface area (Å²) < 4.78 is 78.6. The number of benzene rings is 12. The van der Waals surface area contributed by atoms with E-state index in [1.807, 2.05) is 0 Å². The zero-order valence-corrected chi connectivity index (χ0v) is 53.3. The van der Waals surface area contributed by atoms with Crippen molar-refractivity contribution in [2.45, 2.75) is 0 Å². The number of hydrogen-bond donors (Lipinski definition) is 22. The second-order valence-electron chi connectivity index (χ2n) is 23.1. The van der Waals surface area contributed by atoms with Crippen LogP contribution in [0, 0.1) is 0 Å². The Labute approximate surface area is 594 Å². The molecule has 36 nitrogen and oxygen atoms in total. The van der Waals surface area contributed by atoms with E-state index in [9.17, 15) is 112 Å². The molecule has 22 N–H and O–H groups in total. The van der Waals surface area contributed by atoms with Gasteiger partial charge in [0.2, 0.25) is 103 Å². The predicted octanol–water partition coefficient (Wildman–Crippen LogP) is 15.6. The molecule has 0 spiro atoms. The van der Waals surface area contributed by atoms with Crippen LogP contribution in [0.4, 0.5) is 0 Å². The molecule has 17 rings (SSSR count). The summed E-state index contributed by atoms with van der Waals surface area (Å²) in [7, 11) is 0. The second-order valence-corrected chi connectivity index (χ2v) is 23.1. The standard InChI is InChI=1S/C36H22O18.C18H10O9.C18H12O9/c37-12-1-13(38)3-15(2-12)49-31-22(44)10-25(47)34-35(31)54-30-21(43)8-17(9-27(30)52-34)48-28-19(41)6-16(7-20(28)42)50-32-23(45)11-24(46)33-36(32)53-29-18(40)4-14(39)5-26(29)51-33;19-6-1-8(21)14-11(3-6)26-17-13(24-14)5-10(23)16-18(17)27-15-9(22)2-7(20)4-12(15)25-16;19-7-1-8(20)3-10(2-7)25-16-12(23)6-13(24)17-18(16)27-15-11(22)4-9(21)5-14(15)26-17/h1-11,37-47H;1-5,19-23H;1-6,19-24H. The maximum Gasteiger partial charge on any atom is 0.220 e. The molecule has 0 bridgehead atoms. The van der Waals surface area contributed by atoms with Gasteiger partial charge in [0, 0.05) is 133 Å². The smallest absolute Gasteiger partial charge is 0.220 e. The lowest BCUT2D eigenvalue weighted by Crippen LogP contribution is -2.02. The van der Waals surface area contributed by atoms with Gasteiger partial charge in [0.1, 0.15) is 69.0 Å². The van der Waals surface area contributed by atoms with Crippen molar-refractivity contribution in [3.63, 3.8) is 0 Å². The van der Waals surface area contributed by atoms with E-state index < -0.39 is 92.0 Å². The molecule has 0 atom stereocenters. The van der Waals surface area contributed by atoms with Crippen molar-refractivity contribution in [2.75, 3.05) is 0 Å². The molecular formula is C72H44O36. The molecule has 36 heteroatoms. The third-order valence-electron chi connectivity index (χ3n) is 15.4. The average Bonchev–Trinajstić information content (AvgIpc) is 0.756. The Bertz CT molecular complexity index is 6140. The summed E-state index contributed by atoms with van der Waals surface area (Å²) in [5.74, 6) is -15.9. The summed E-state index contributed by atoms with van der Waals surface area (Å²) in [5, 5.41) is 223. The fraction of sp³-hybridized carbons (Fsp3) is 0. The van der Waals surface area contributed by atoms with E-state index in [1.54, 1.807) is 0 Å². The number of hydrogen-bond acceptors (Lipinski definition) is 36. The number of phenolic OH excluding ortho intramolecular Hbond substituents is 22. The molecule has 0 radical (unpaired) electrons. The fourth-order valence-electron chi connectivity index (χ4n) is 10.9. The lowest BCUT2D eigenvalue weighted by atomic mass is 10.2. The SMILES string of the molecule is Oc1cc(O)c2oc3cc(O)c4oc5cc(O)cc(O)c5oc4c3oc2c1.Oc1cc(O)cc(Oc2c(O)cc(O)c3c2Oc2c(O)cc(O)cc2O3)c1.Oc1cc(O)cc(Oc2c(O)cc(O)c3c2Oc2c(O)cc(Oc4c(O)cc(Oc5c(O)cc(O)c6c5Oc5c(O)cc(O)cc5O6)cc4O)cc2O3)c1. The number of aromatic hydroxyl groups is 22. The summed E-state index contributed by atoms with van der Waals surface area (Å²) in [6.07, 6.45) is 0. The average molecular weight is 1490 g/mol. The van der Waals surface area contributed by atoms with Crippen molar-refractivity contribution in [3.05, 3.63) is 133 Å². The Kier molecular flexibility index (Phi) is 15.7. The highest BCUT2D eigenvalue weighted by molar-refractivity contribution is 6.02. The van der Waals surface area contributed by atoms with Crippen molar-refractivity contribution in [2.24, 2.45) is 0 Å². The van der Waals surface area contributed by atoms with Gasteiger partial charge in [-0.2, -0.15) is 0 Å². The molecule has 548 valence electrons. The Balaban J connectivity index is 0.000000144. The van der Waals surface area contributed by atoms with Crippen molar-refractivity contribution < 1.29 is 177 Å². The fourth-order valence-corrected chi connectivity index (χ4v) is 10.9. The molecule has 0 unspecified atom stereocenters. The first-order valence-electron chi connectivity index (χ1n) is 30.3. The first-order valence-corrected chi connectivity index (χ1v) is 30.3. The van der Waals surface area contributed by atoms with Gasteiger partial charge in [0.25, 0.3) is 0 Å². The van der Waals surface area contributed by atoms with Gasteiger partial charge in [0.15, 0.2) is 114 Å². The molecule has 108 heavy (non-hydrogen) atoms. The summed E-state index contributed by atoms with van der Waals surface area (Å²) in [6, 6.07) is 23.5. The third kappa shape index (κ3) is 12.2. The minimum atomic E-state index is -0.722. The van der Waals surface area contributed by atoms with Crippen LogP contribution in [0.5, 0.6) is 241 Å². The van der Waals surface area contributed by atoms with E-state index in [-0.39, 0.29) is 194 Å². The maximum absolute atomic E-state index is 10.9. The highest BCUT2D eigenvalue weighted by atomic mass is 16.6.